The van der Waals surface area contributed by atoms with Crippen LogP contribution in [0.4, 0.5) is 0 Å². The van der Waals surface area contributed by atoms with E-state index in [1.165, 1.54) is 12.1 Å². The van der Waals surface area contributed by atoms with E-state index in [1.54, 1.807) is 60.9 Å². The van der Waals surface area contributed by atoms with Crippen LogP contribution in [-0.4, -0.2) is 28.6 Å². The molecule has 27 heavy (non-hydrogen) atoms. The fraction of sp³-hybridized carbons (Fsp3) is 0.100. The predicted octanol–water partition coefficient (Wildman–Crippen LogP) is 3.33. The van der Waals surface area contributed by atoms with Crippen LogP contribution >= 0.6 is 0 Å². The number of para-hydroxylation sites is 1. The van der Waals surface area contributed by atoms with Gasteiger partial charge in [0.25, 0.3) is 10.0 Å². The lowest BCUT2D eigenvalue weighted by atomic mass is 9.99. The van der Waals surface area contributed by atoms with Gasteiger partial charge in [0.15, 0.2) is 0 Å². The Morgan fingerprint density at radius 3 is 2.41 bits per heavy atom. The maximum absolute atomic E-state index is 13.2. The molecule has 1 atom stereocenters. The lowest BCUT2D eigenvalue weighted by Gasteiger charge is -2.24. The molecule has 136 valence electrons. The zero-order chi connectivity index (χ0) is 18.9. The third-order valence-corrected chi connectivity index (χ3v) is 6.15. The van der Waals surface area contributed by atoms with E-state index in [-0.39, 0.29) is 10.6 Å². The summed E-state index contributed by atoms with van der Waals surface area (Å²) < 4.78 is 27.6. The van der Waals surface area contributed by atoms with Crippen molar-refractivity contribution in [3.63, 3.8) is 0 Å². The Bertz CT molecular complexity index is 1080. The van der Waals surface area contributed by atoms with Crippen LogP contribution in [0, 0.1) is 0 Å². The summed E-state index contributed by atoms with van der Waals surface area (Å²) in [5, 5.41) is 14.7. The molecule has 0 amide bonds. The molecule has 2 heterocycles. The van der Waals surface area contributed by atoms with Gasteiger partial charge in [-0.1, -0.05) is 42.5 Å². The lowest BCUT2D eigenvalue weighted by Crippen LogP contribution is -2.27. The minimum absolute atomic E-state index is 0.0402. The maximum Gasteiger partial charge on any atom is 0.279 e. The molecular formula is C20H17N3O3S. The number of phenols is 1. The minimum atomic E-state index is -3.88. The van der Waals surface area contributed by atoms with E-state index >= 15 is 0 Å². The van der Waals surface area contributed by atoms with Gasteiger partial charge in [0.2, 0.25) is 0 Å². The molecule has 1 aliphatic rings. The standard InChI is InChI=1S/C20H17N3O3S/c24-20-11-5-4-10-17(20)19-13-18(15-7-6-12-21-14-15)22-23(19)27(25,26)16-8-2-1-3-9-16/h1-12,14,19,24H,13H2/t19-/m1/s1. The smallest absolute Gasteiger partial charge is 0.279 e. The minimum Gasteiger partial charge on any atom is -0.508 e. The highest BCUT2D eigenvalue weighted by atomic mass is 32.2. The van der Waals surface area contributed by atoms with Crippen LogP contribution in [-0.2, 0) is 10.0 Å². The second kappa shape index (κ2) is 6.85. The van der Waals surface area contributed by atoms with Crippen LogP contribution in [0.3, 0.4) is 0 Å². The first-order chi connectivity index (χ1) is 13.1. The first kappa shape index (κ1) is 17.2. The van der Waals surface area contributed by atoms with Gasteiger partial charge < -0.3 is 5.11 Å². The van der Waals surface area contributed by atoms with Crippen molar-refractivity contribution in [2.45, 2.75) is 17.4 Å². The molecule has 4 rings (SSSR count). The topological polar surface area (TPSA) is 82.9 Å². The molecule has 3 aromatic rings. The summed E-state index contributed by atoms with van der Waals surface area (Å²) in [5.41, 5.74) is 1.87. The van der Waals surface area contributed by atoms with Gasteiger partial charge in [-0.15, -0.1) is 0 Å². The largest absolute Gasteiger partial charge is 0.508 e. The summed E-state index contributed by atoms with van der Waals surface area (Å²) in [4.78, 5) is 4.25. The Balaban J connectivity index is 1.83. The molecule has 0 aliphatic carbocycles. The Kier molecular flexibility index (Phi) is 4.37. The summed E-state index contributed by atoms with van der Waals surface area (Å²) in [7, 11) is -3.88. The highest BCUT2D eigenvalue weighted by molar-refractivity contribution is 7.89. The molecule has 0 spiro atoms. The van der Waals surface area contributed by atoms with Crippen molar-refractivity contribution in [2.24, 2.45) is 5.10 Å². The number of pyridine rings is 1. The number of hydrogen-bond donors (Lipinski definition) is 1. The lowest BCUT2D eigenvalue weighted by molar-refractivity contribution is 0.358. The SMILES string of the molecule is O=S(=O)(c1ccccc1)N1N=C(c2cccnc2)C[C@@H]1c1ccccc1O. The quantitative estimate of drug-likeness (QED) is 0.754. The Labute approximate surface area is 157 Å². The molecule has 0 radical (unpaired) electrons. The number of hydrazone groups is 1. The van der Waals surface area contributed by atoms with Gasteiger partial charge in [0, 0.05) is 29.9 Å². The van der Waals surface area contributed by atoms with Crippen LogP contribution in [0.1, 0.15) is 23.6 Å². The number of rotatable bonds is 4. The molecular weight excluding hydrogens is 362 g/mol. The van der Waals surface area contributed by atoms with Crippen LogP contribution in [0.25, 0.3) is 0 Å². The van der Waals surface area contributed by atoms with Gasteiger partial charge in [0.05, 0.1) is 16.6 Å². The molecule has 7 heteroatoms. The van der Waals surface area contributed by atoms with Gasteiger partial charge in [-0.05, 0) is 24.3 Å². The molecule has 0 unspecified atom stereocenters. The third kappa shape index (κ3) is 3.17. The molecule has 0 saturated carbocycles. The van der Waals surface area contributed by atoms with Gasteiger partial charge in [-0.2, -0.15) is 17.9 Å². The van der Waals surface area contributed by atoms with Crippen molar-refractivity contribution in [1.29, 1.82) is 0 Å². The molecule has 0 bridgehead atoms. The van der Waals surface area contributed by atoms with E-state index in [2.05, 4.69) is 10.1 Å². The van der Waals surface area contributed by atoms with Crippen LogP contribution in [0.5, 0.6) is 5.75 Å². The maximum atomic E-state index is 13.2. The van der Waals surface area contributed by atoms with Crippen molar-refractivity contribution in [3.8, 4) is 5.75 Å². The van der Waals surface area contributed by atoms with Gasteiger partial charge in [0.1, 0.15) is 5.75 Å². The Morgan fingerprint density at radius 2 is 1.70 bits per heavy atom. The second-order valence-electron chi connectivity index (χ2n) is 6.16. The van der Waals surface area contributed by atoms with E-state index in [1.807, 2.05) is 6.07 Å². The Hall–Kier alpha value is -3.19. The Morgan fingerprint density at radius 1 is 0.963 bits per heavy atom. The van der Waals surface area contributed by atoms with E-state index in [0.29, 0.717) is 17.7 Å². The fourth-order valence-electron chi connectivity index (χ4n) is 3.12. The average molecular weight is 379 g/mol. The molecule has 6 nitrogen and oxygen atoms in total. The molecule has 1 N–H and O–H groups in total. The third-order valence-electron chi connectivity index (χ3n) is 4.45. The second-order valence-corrected chi connectivity index (χ2v) is 7.95. The number of benzene rings is 2. The fourth-order valence-corrected chi connectivity index (χ4v) is 4.57. The van der Waals surface area contributed by atoms with Crippen LogP contribution in [0.15, 0.2) is 89.1 Å². The molecule has 0 saturated heterocycles. The monoisotopic (exact) mass is 379 g/mol. The van der Waals surface area contributed by atoms with Gasteiger partial charge >= 0.3 is 0 Å². The van der Waals surface area contributed by atoms with Crippen LogP contribution in [0.2, 0.25) is 0 Å². The van der Waals surface area contributed by atoms with E-state index in [4.69, 9.17) is 0 Å². The number of sulfonamides is 1. The van der Waals surface area contributed by atoms with Gasteiger partial charge in [-0.25, -0.2) is 0 Å². The van der Waals surface area contributed by atoms with Crippen molar-refractivity contribution < 1.29 is 13.5 Å². The summed E-state index contributed by atoms with van der Waals surface area (Å²) in [6, 6.07) is 17.9. The number of aromatic nitrogens is 1. The molecule has 1 aliphatic heterocycles. The highest BCUT2D eigenvalue weighted by Crippen LogP contribution is 2.40. The highest BCUT2D eigenvalue weighted by Gasteiger charge is 2.38. The predicted molar refractivity (Wildman–Crippen MR) is 102 cm³/mol. The zero-order valence-electron chi connectivity index (χ0n) is 14.3. The van der Waals surface area contributed by atoms with Gasteiger partial charge in [-0.3, -0.25) is 4.98 Å². The van der Waals surface area contributed by atoms with Crippen molar-refractivity contribution in [2.75, 3.05) is 0 Å². The summed E-state index contributed by atoms with van der Waals surface area (Å²) in [6.45, 7) is 0. The number of aromatic hydroxyl groups is 1. The molecule has 1 aromatic heterocycles. The number of nitrogens with zero attached hydrogens (tertiary/aromatic N) is 3. The first-order valence-corrected chi connectivity index (χ1v) is 9.86. The zero-order valence-corrected chi connectivity index (χ0v) is 15.1. The van der Waals surface area contributed by atoms with E-state index in [0.717, 1.165) is 9.98 Å². The number of hydrogen-bond acceptors (Lipinski definition) is 5. The van der Waals surface area contributed by atoms with E-state index in [9.17, 15) is 13.5 Å². The number of phenolic OH excluding ortho intramolecular Hbond substituents is 1. The molecule has 0 fully saturated rings. The van der Waals surface area contributed by atoms with E-state index < -0.39 is 16.1 Å². The van der Waals surface area contributed by atoms with Crippen molar-refractivity contribution in [1.82, 2.24) is 9.40 Å². The summed E-state index contributed by atoms with van der Waals surface area (Å²) in [5.74, 6) is 0.0402. The van der Waals surface area contributed by atoms with Crippen molar-refractivity contribution in [3.05, 3.63) is 90.3 Å². The normalized spacial score (nSPS) is 17.0. The first-order valence-electron chi connectivity index (χ1n) is 8.42. The van der Waals surface area contributed by atoms with Crippen LogP contribution < -0.4 is 0 Å². The summed E-state index contributed by atoms with van der Waals surface area (Å²) in [6.07, 6.45) is 3.65. The molecule has 2 aromatic carbocycles. The average Bonchev–Trinajstić information content (AvgIpc) is 3.16. The summed E-state index contributed by atoms with van der Waals surface area (Å²) >= 11 is 0. The van der Waals surface area contributed by atoms with Crippen molar-refractivity contribution >= 4 is 15.7 Å².